The Morgan fingerprint density at radius 1 is 1.28 bits per heavy atom. The Morgan fingerprint density at radius 3 is 2.61 bits per heavy atom. The van der Waals surface area contributed by atoms with Crippen molar-refractivity contribution in [3.8, 4) is 0 Å². The molecule has 0 saturated heterocycles. The number of nitrogens with two attached hydrogens (primary N) is 1. The monoisotopic (exact) mass is 266 g/mol. The lowest BCUT2D eigenvalue weighted by Gasteiger charge is -2.34. The van der Waals surface area contributed by atoms with Crippen LogP contribution >= 0.6 is 11.6 Å². The van der Waals surface area contributed by atoms with Gasteiger partial charge in [0.2, 0.25) is 0 Å². The molecule has 0 unspecified atom stereocenters. The molecule has 3 heteroatoms. The lowest BCUT2D eigenvalue weighted by Crippen LogP contribution is -2.36. The molecule has 0 aliphatic heterocycles. The van der Waals surface area contributed by atoms with E-state index in [9.17, 15) is 0 Å². The van der Waals surface area contributed by atoms with E-state index in [1.807, 2.05) is 18.2 Å². The van der Waals surface area contributed by atoms with E-state index in [4.69, 9.17) is 17.3 Å². The lowest BCUT2D eigenvalue weighted by molar-refractivity contribution is 0.156. The number of anilines is 1. The molecule has 0 atom stereocenters. The first-order chi connectivity index (χ1) is 8.72. The van der Waals surface area contributed by atoms with E-state index < -0.39 is 0 Å². The second-order valence-electron chi connectivity index (χ2n) is 5.16. The van der Waals surface area contributed by atoms with E-state index in [0.717, 1.165) is 29.4 Å². The molecular weight excluding hydrogens is 244 g/mol. The summed E-state index contributed by atoms with van der Waals surface area (Å²) in [7, 11) is 0. The van der Waals surface area contributed by atoms with Crippen molar-refractivity contribution >= 4 is 17.3 Å². The largest absolute Gasteiger partial charge is 0.398 e. The highest BCUT2D eigenvalue weighted by atomic mass is 35.5. The Balaban J connectivity index is 2.09. The van der Waals surface area contributed by atoms with Crippen LogP contribution < -0.4 is 5.73 Å². The van der Waals surface area contributed by atoms with Gasteiger partial charge >= 0.3 is 0 Å². The van der Waals surface area contributed by atoms with E-state index in [0.29, 0.717) is 6.04 Å². The summed E-state index contributed by atoms with van der Waals surface area (Å²) in [5.74, 6) is 0. The van der Waals surface area contributed by atoms with Gasteiger partial charge in [0.25, 0.3) is 0 Å². The van der Waals surface area contributed by atoms with Gasteiger partial charge in [-0.25, -0.2) is 0 Å². The Morgan fingerprint density at radius 2 is 2.00 bits per heavy atom. The first kappa shape index (κ1) is 13.7. The molecule has 0 radical (unpaired) electrons. The zero-order chi connectivity index (χ0) is 13.0. The fraction of sp³-hybridized carbons (Fsp3) is 0.600. The molecule has 18 heavy (non-hydrogen) atoms. The molecule has 0 heterocycles. The standard InChI is InChI=1S/C15H23ClN2/c1-2-18(12-7-4-3-5-8-12)11-13-14(16)9-6-10-15(13)17/h6,9-10,12H,2-5,7-8,11,17H2,1H3. The molecule has 1 aromatic carbocycles. The molecule has 1 fully saturated rings. The quantitative estimate of drug-likeness (QED) is 0.832. The van der Waals surface area contributed by atoms with Crippen LogP contribution in [0.2, 0.25) is 5.02 Å². The third-order valence-electron chi connectivity index (χ3n) is 4.01. The molecule has 1 aliphatic rings. The molecule has 100 valence electrons. The van der Waals surface area contributed by atoms with Crippen LogP contribution in [-0.2, 0) is 6.54 Å². The zero-order valence-electron chi connectivity index (χ0n) is 11.2. The number of nitrogens with zero attached hydrogens (tertiary/aromatic N) is 1. The van der Waals surface area contributed by atoms with Crippen LogP contribution in [0.3, 0.4) is 0 Å². The van der Waals surface area contributed by atoms with Crippen LogP contribution in [0, 0.1) is 0 Å². The highest BCUT2D eigenvalue weighted by Gasteiger charge is 2.21. The number of benzene rings is 1. The third kappa shape index (κ3) is 3.18. The summed E-state index contributed by atoms with van der Waals surface area (Å²) in [6.45, 7) is 4.17. The van der Waals surface area contributed by atoms with Crippen LogP contribution in [-0.4, -0.2) is 17.5 Å². The Kier molecular flexibility index (Phi) is 4.90. The zero-order valence-corrected chi connectivity index (χ0v) is 11.9. The molecule has 1 saturated carbocycles. The number of halogens is 1. The van der Waals surface area contributed by atoms with Crippen molar-refractivity contribution in [1.29, 1.82) is 0 Å². The van der Waals surface area contributed by atoms with Crippen LogP contribution in [0.4, 0.5) is 5.69 Å². The van der Waals surface area contributed by atoms with Gasteiger partial charge in [-0.15, -0.1) is 0 Å². The van der Waals surface area contributed by atoms with Crippen LogP contribution in [0.1, 0.15) is 44.6 Å². The predicted molar refractivity (Wildman–Crippen MR) is 78.8 cm³/mol. The molecule has 1 aromatic rings. The van der Waals surface area contributed by atoms with Crippen molar-refractivity contribution in [1.82, 2.24) is 4.90 Å². The number of hydrogen-bond acceptors (Lipinski definition) is 2. The van der Waals surface area contributed by atoms with E-state index in [1.54, 1.807) is 0 Å². The third-order valence-corrected chi connectivity index (χ3v) is 4.37. The molecule has 0 spiro atoms. The fourth-order valence-corrected chi connectivity index (χ4v) is 3.13. The average Bonchev–Trinajstić information content (AvgIpc) is 2.40. The first-order valence-corrected chi connectivity index (χ1v) is 7.37. The van der Waals surface area contributed by atoms with E-state index in [-0.39, 0.29) is 0 Å². The maximum absolute atomic E-state index is 6.26. The summed E-state index contributed by atoms with van der Waals surface area (Å²) in [4.78, 5) is 2.52. The van der Waals surface area contributed by atoms with Crippen molar-refractivity contribution in [3.05, 3.63) is 28.8 Å². The van der Waals surface area contributed by atoms with Crippen molar-refractivity contribution in [2.75, 3.05) is 12.3 Å². The van der Waals surface area contributed by atoms with Gasteiger partial charge in [-0.2, -0.15) is 0 Å². The van der Waals surface area contributed by atoms with Crippen LogP contribution in [0.15, 0.2) is 18.2 Å². The molecule has 0 aromatic heterocycles. The molecule has 2 N–H and O–H groups in total. The Labute approximate surface area is 115 Å². The van der Waals surface area contributed by atoms with Gasteiger partial charge in [0, 0.05) is 28.9 Å². The minimum absolute atomic E-state index is 0.708. The van der Waals surface area contributed by atoms with Crippen LogP contribution in [0.25, 0.3) is 0 Å². The maximum atomic E-state index is 6.26. The van der Waals surface area contributed by atoms with Gasteiger partial charge in [0.1, 0.15) is 0 Å². The number of rotatable bonds is 4. The van der Waals surface area contributed by atoms with Gasteiger partial charge in [-0.3, -0.25) is 4.90 Å². The van der Waals surface area contributed by atoms with Crippen molar-refractivity contribution in [3.63, 3.8) is 0 Å². The summed E-state index contributed by atoms with van der Waals surface area (Å²) < 4.78 is 0. The van der Waals surface area contributed by atoms with Gasteiger partial charge in [0.15, 0.2) is 0 Å². The van der Waals surface area contributed by atoms with E-state index in [2.05, 4.69) is 11.8 Å². The predicted octanol–water partition coefficient (Wildman–Crippen LogP) is 4.08. The average molecular weight is 267 g/mol. The van der Waals surface area contributed by atoms with Gasteiger partial charge in [0.05, 0.1) is 0 Å². The summed E-state index contributed by atoms with van der Waals surface area (Å²) in [6.07, 6.45) is 6.75. The Bertz CT molecular complexity index is 366. The second-order valence-corrected chi connectivity index (χ2v) is 5.57. The summed E-state index contributed by atoms with van der Waals surface area (Å²) in [6, 6.07) is 6.50. The first-order valence-electron chi connectivity index (χ1n) is 6.99. The number of nitrogen functional groups attached to an aromatic ring is 1. The molecule has 2 nitrogen and oxygen atoms in total. The minimum Gasteiger partial charge on any atom is -0.398 e. The fourth-order valence-electron chi connectivity index (χ4n) is 2.89. The van der Waals surface area contributed by atoms with E-state index >= 15 is 0 Å². The number of hydrogen-bond donors (Lipinski definition) is 1. The van der Waals surface area contributed by atoms with Crippen molar-refractivity contribution in [2.45, 2.75) is 51.6 Å². The van der Waals surface area contributed by atoms with Crippen molar-refractivity contribution < 1.29 is 0 Å². The normalized spacial score (nSPS) is 17.3. The molecule has 1 aliphatic carbocycles. The Hall–Kier alpha value is -0.730. The highest BCUT2D eigenvalue weighted by Crippen LogP contribution is 2.28. The summed E-state index contributed by atoms with van der Waals surface area (Å²) >= 11 is 6.26. The van der Waals surface area contributed by atoms with E-state index in [1.165, 1.54) is 32.1 Å². The molecule has 0 bridgehead atoms. The molecule has 0 amide bonds. The van der Waals surface area contributed by atoms with Crippen LogP contribution in [0.5, 0.6) is 0 Å². The lowest BCUT2D eigenvalue weighted by atomic mass is 9.94. The summed E-state index contributed by atoms with van der Waals surface area (Å²) in [5.41, 5.74) is 7.95. The topological polar surface area (TPSA) is 29.3 Å². The minimum atomic E-state index is 0.708. The maximum Gasteiger partial charge on any atom is 0.0471 e. The smallest absolute Gasteiger partial charge is 0.0471 e. The highest BCUT2D eigenvalue weighted by molar-refractivity contribution is 6.31. The van der Waals surface area contributed by atoms with Crippen molar-refractivity contribution in [2.24, 2.45) is 0 Å². The molecule has 2 rings (SSSR count). The SMILES string of the molecule is CCN(Cc1c(N)cccc1Cl)C1CCCCC1. The summed E-state index contributed by atoms with van der Waals surface area (Å²) in [5, 5.41) is 0.796. The van der Waals surface area contributed by atoms with Gasteiger partial charge in [-0.1, -0.05) is 43.9 Å². The van der Waals surface area contributed by atoms with Gasteiger partial charge in [-0.05, 0) is 31.5 Å². The second kappa shape index (κ2) is 6.44. The van der Waals surface area contributed by atoms with Gasteiger partial charge < -0.3 is 5.73 Å². The molecular formula is C15H23ClN2.